The van der Waals surface area contributed by atoms with Crippen molar-refractivity contribution in [1.29, 1.82) is 5.26 Å². The third-order valence-corrected chi connectivity index (χ3v) is 4.73. The Balaban J connectivity index is 1.76. The van der Waals surface area contributed by atoms with E-state index < -0.39 is 17.8 Å². The Hall–Kier alpha value is -4.05. The molecule has 1 unspecified atom stereocenters. The SMILES string of the molecule is CC1=N/N2C(=O)C=C(c3ccc(C#N)cc3)NC2/C=C(c2ccc(F)cc2F)/C=C\1. The largest absolute Gasteiger partial charge is 0.360 e. The topological polar surface area (TPSA) is 68.5 Å². The van der Waals surface area contributed by atoms with Crippen LogP contribution in [0.5, 0.6) is 0 Å². The van der Waals surface area contributed by atoms with Gasteiger partial charge >= 0.3 is 0 Å². The van der Waals surface area contributed by atoms with Crippen molar-refractivity contribution in [3.63, 3.8) is 0 Å². The zero-order valence-electron chi connectivity index (χ0n) is 15.9. The molecule has 2 aliphatic heterocycles. The standard InChI is InChI=1S/C23H16F2N4O/c1-14-2-5-17(19-9-8-18(24)11-20(19)25)10-22-27-21(12-23(30)29(22)28-14)16-6-3-15(13-26)4-7-16/h2-12,22,27H,1H3/b5-2-,17-10-,28-14-. The maximum absolute atomic E-state index is 14.4. The van der Waals surface area contributed by atoms with E-state index in [2.05, 4.69) is 16.5 Å². The van der Waals surface area contributed by atoms with Gasteiger partial charge in [0.2, 0.25) is 0 Å². The molecule has 2 aromatic rings. The maximum Gasteiger partial charge on any atom is 0.271 e. The summed E-state index contributed by atoms with van der Waals surface area (Å²) >= 11 is 0. The van der Waals surface area contributed by atoms with E-state index >= 15 is 0 Å². The van der Waals surface area contributed by atoms with Gasteiger partial charge in [-0.05, 0) is 54.5 Å². The van der Waals surface area contributed by atoms with Crippen molar-refractivity contribution in [2.24, 2.45) is 5.10 Å². The number of hydrogen-bond acceptors (Lipinski definition) is 4. The first-order chi connectivity index (χ1) is 14.4. The molecular weight excluding hydrogens is 386 g/mol. The van der Waals surface area contributed by atoms with Crippen molar-refractivity contribution < 1.29 is 13.6 Å². The van der Waals surface area contributed by atoms with E-state index in [1.165, 1.54) is 23.2 Å². The molecule has 5 nitrogen and oxygen atoms in total. The molecule has 0 saturated heterocycles. The molecule has 30 heavy (non-hydrogen) atoms. The highest BCUT2D eigenvalue weighted by Gasteiger charge is 2.28. The number of carbonyl (C=O) groups excluding carboxylic acids is 1. The molecule has 1 atom stereocenters. The van der Waals surface area contributed by atoms with Gasteiger partial charge in [0.1, 0.15) is 17.8 Å². The average Bonchev–Trinajstić information content (AvgIpc) is 2.72. The Bertz CT molecular complexity index is 1190. The monoisotopic (exact) mass is 402 g/mol. The van der Waals surface area contributed by atoms with Crippen molar-refractivity contribution in [2.45, 2.75) is 13.1 Å². The van der Waals surface area contributed by atoms with E-state index in [9.17, 15) is 13.6 Å². The van der Waals surface area contributed by atoms with Crippen LogP contribution in [0.4, 0.5) is 8.78 Å². The lowest BCUT2D eigenvalue weighted by Gasteiger charge is -2.32. The van der Waals surface area contributed by atoms with Gasteiger partial charge in [0, 0.05) is 23.4 Å². The molecule has 0 aliphatic carbocycles. The van der Waals surface area contributed by atoms with Gasteiger partial charge in [0.05, 0.1) is 17.3 Å². The van der Waals surface area contributed by atoms with Gasteiger partial charge in [-0.15, -0.1) is 0 Å². The van der Waals surface area contributed by atoms with Crippen molar-refractivity contribution in [3.05, 3.63) is 95.1 Å². The Kier molecular flexibility index (Phi) is 4.98. The minimum atomic E-state index is -0.697. The number of rotatable bonds is 2. The smallest absolute Gasteiger partial charge is 0.271 e. The van der Waals surface area contributed by atoms with Gasteiger partial charge in [-0.1, -0.05) is 18.2 Å². The van der Waals surface area contributed by atoms with Crippen LogP contribution in [0.15, 0.2) is 71.9 Å². The van der Waals surface area contributed by atoms with Crippen LogP contribution in [0.3, 0.4) is 0 Å². The molecule has 2 heterocycles. The second-order valence-electron chi connectivity index (χ2n) is 6.84. The number of allylic oxidation sites excluding steroid dienone is 3. The van der Waals surface area contributed by atoms with Gasteiger partial charge in [-0.2, -0.15) is 10.4 Å². The number of hydrogen-bond donors (Lipinski definition) is 1. The van der Waals surface area contributed by atoms with Crippen molar-refractivity contribution >= 4 is 22.9 Å². The summed E-state index contributed by atoms with van der Waals surface area (Å²) in [6, 6.07) is 12.2. The van der Waals surface area contributed by atoms with E-state index in [-0.39, 0.29) is 11.5 Å². The fourth-order valence-electron chi connectivity index (χ4n) is 3.25. The van der Waals surface area contributed by atoms with Crippen molar-refractivity contribution in [3.8, 4) is 6.07 Å². The van der Waals surface area contributed by atoms with Crippen LogP contribution < -0.4 is 5.32 Å². The summed E-state index contributed by atoms with van der Waals surface area (Å²) in [6.45, 7) is 1.73. The molecule has 0 fully saturated rings. The number of nitrogens with one attached hydrogen (secondary N) is 1. The first kappa shape index (κ1) is 19.3. The summed E-state index contributed by atoms with van der Waals surface area (Å²) in [6.07, 6.45) is 5.74. The maximum atomic E-state index is 14.4. The number of halogens is 2. The summed E-state index contributed by atoms with van der Waals surface area (Å²) in [5.74, 6) is -1.71. The first-order valence-corrected chi connectivity index (χ1v) is 9.17. The zero-order chi connectivity index (χ0) is 21.3. The van der Waals surface area contributed by atoms with Crippen molar-refractivity contribution in [1.82, 2.24) is 10.3 Å². The first-order valence-electron chi connectivity index (χ1n) is 9.17. The minimum Gasteiger partial charge on any atom is -0.360 e. The molecule has 0 radical (unpaired) electrons. The molecule has 0 saturated carbocycles. The number of amides is 1. The van der Waals surface area contributed by atoms with E-state index in [0.717, 1.165) is 11.6 Å². The molecule has 0 bridgehead atoms. The third kappa shape index (κ3) is 3.76. The number of carbonyl (C=O) groups is 1. The Morgan fingerprint density at radius 2 is 1.90 bits per heavy atom. The summed E-state index contributed by atoms with van der Waals surface area (Å²) in [7, 11) is 0. The van der Waals surface area contributed by atoms with Gasteiger partial charge in [-0.3, -0.25) is 4.79 Å². The fourth-order valence-corrected chi connectivity index (χ4v) is 3.25. The quantitative estimate of drug-likeness (QED) is 0.827. The number of fused-ring (bicyclic) bond motifs is 1. The lowest BCUT2D eigenvalue weighted by Crippen LogP contribution is -2.47. The van der Waals surface area contributed by atoms with Gasteiger partial charge in [-0.25, -0.2) is 13.8 Å². The number of nitriles is 1. The lowest BCUT2D eigenvalue weighted by atomic mass is 10.0. The second-order valence-corrected chi connectivity index (χ2v) is 6.84. The predicted molar refractivity (Wildman–Crippen MR) is 109 cm³/mol. The highest BCUT2D eigenvalue weighted by atomic mass is 19.1. The third-order valence-electron chi connectivity index (χ3n) is 4.73. The number of benzene rings is 2. The molecular formula is C23H16F2N4O. The van der Waals surface area contributed by atoms with Gasteiger partial charge < -0.3 is 5.32 Å². The summed E-state index contributed by atoms with van der Waals surface area (Å²) in [4.78, 5) is 12.8. The lowest BCUT2D eigenvalue weighted by molar-refractivity contribution is -0.128. The van der Waals surface area contributed by atoms with E-state index in [0.29, 0.717) is 22.5 Å². The van der Waals surface area contributed by atoms with Crippen LogP contribution in [0.2, 0.25) is 0 Å². The van der Waals surface area contributed by atoms with E-state index in [1.807, 2.05) is 0 Å². The zero-order valence-corrected chi connectivity index (χ0v) is 15.9. The molecule has 148 valence electrons. The van der Waals surface area contributed by atoms with Crippen LogP contribution in [0.25, 0.3) is 11.3 Å². The number of hydrazone groups is 1. The molecule has 4 rings (SSSR count). The molecule has 1 N–H and O–H groups in total. The Labute approximate surface area is 171 Å². The van der Waals surface area contributed by atoms with Crippen LogP contribution in [-0.4, -0.2) is 22.8 Å². The summed E-state index contributed by atoms with van der Waals surface area (Å²) in [5, 5.41) is 17.8. The number of nitrogens with zero attached hydrogens (tertiary/aromatic N) is 3. The molecule has 0 spiro atoms. The average molecular weight is 402 g/mol. The van der Waals surface area contributed by atoms with Gasteiger partial charge in [0.25, 0.3) is 5.91 Å². The Morgan fingerprint density at radius 1 is 1.13 bits per heavy atom. The summed E-state index contributed by atoms with van der Waals surface area (Å²) < 4.78 is 27.7. The highest BCUT2D eigenvalue weighted by Crippen LogP contribution is 2.26. The molecule has 0 aromatic heterocycles. The van der Waals surface area contributed by atoms with Gasteiger partial charge in [0.15, 0.2) is 0 Å². The highest BCUT2D eigenvalue weighted by molar-refractivity contribution is 6.01. The van der Waals surface area contributed by atoms with Crippen LogP contribution in [0.1, 0.15) is 23.6 Å². The van der Waals surface area contributed by atoms with Crippen LogP contribution >= 0.6 is 0 Å². The van der Waals surface area contributed by atoms with Crippen LogP contribution in [0, 0.1) is 23.0 Å². The van der Waals surface area contributed by atoms with Crippen LogP contribution in [-0.2, 0) is 4.79 Å². The molecule has 7 heteroatoms. The molecule has 2 aliphatic rings. The minimum absolute atomic E-state index is 0.214. The predicted octanol–water partition coefficient (Wildman–Crippen LogP) is 3.96. The van der Waals surface area contributed by atoms with Crippen molar-refractivity contribution in [2.75, 3.05) is 0 Å². The van der Waals surface area contributed by atoms with E-state index in [4.69, 9.17) is 5.26 Å². The summed E-state index contributed by atoms with van der Waals surface area (Å²) in [5.41, 5.74) is 3.04. The fraction of sp³-hybridized carbons (Fsp3) is 0.0870. The molecule has 2 aromatic carbocycles. The Morgan fingerprint density at radius 3 is 2.60 bits per heavy atom. The molecule has 1 amide bonds. The van der Waals surface area contributed by atoms with E-state index in [1.54, 1.807) is 49.4 Å². The normalized spacial score (nSPS) is 22.7. The second kappa shape index (κ2) is 7.76.